The van der Waals surface area contributed by atoms with Gasteiger partial charge in [-0.1, -0.05) is 41.6 Å². The number of rotatable bonds is 5. The van der Waals surface area contributed by atoms with Crippen LogP contribution in [-0.2, 0) is 11.3 Å². The van der Waals surface area contributed by atoms with Gasteiger partial charge in [0.25, 0.3) is 6.36 Å². The van der Waals surface area contributed by atoms with E-state index in [1.807, 2.05) is 42.5 Å². The molecular formula is C16H12FNO4. The third-order valence-electron chi connectivity index (χ3n) is 3.18. The molecule has 5 nitrogen and oxygen atoms in total. The van der Waals surface area contributed by atoms with Gasteiger partial charge in [-0.05, 0) is 22.4 Å². The lowest BCUT2D eigenvalue weighted by molar-refractivity contribution is -0.0672. The second kappa shape index (κ2) is 5.95. The van der Waals surface area contributed by atoms with Crippen molar-refractivity contribution in [3.05, 3.63) is 65.5 Å². The van der Waals surface area contributed by atoms with E-state index in [-0.39, 0.29) is 18.1 Å². The number of aromatic nitrogens is 1. The fraction of sp³-hybridized carbons (Fsp3) is 0.125. The lowest BCUT2D eigenvalue weighted by atomic mass is 10.1. The van der Waals surface area contributed by atoms with Gasteiger partial charge < -0.3 is 14.4 Å². The standard InChI is InChI=1S/C16H12FNO4/c17-15(14-8-13(16(19)20)18-22-14)21-9-10-5-6-11-3-1-2-4-12(11)7-10/h1-8,15H,9H2,(H,19,20). The van der Waals surface area contributed by atoms with E-state index in [0.29, 0.717) is 0 Å². The van der Waals surface area contributed by atoms with Crippen LogP contribution in [0.15, 0.2) is 53.1 Å². The van der Waals surface area contributed by atoms with Gasteiger partial charge >= 0.3 is 5.97 Å². The van der Waals surface area contributed by atoms with Crippen LogP contribution in [-0.4, -0.2) is 16.2 Å². The average molecular weight is 301 g/mol. The summed E-state index contributed by atoms with van der Waals surface area (Å²) in [7, 11) is 0. The van der Waals surface area contributed by atoms with Gasteiger partial charge in [-0.2, -0.15) is 0 Å². The third-order valence-corrected chi connectivity index (χ3v) is 3.18. The molecule has 112 valence electrons. The first-order valence-electron chi connectivity index (χ1n) is 6.57. The molecule has 0 aliphatic heterocycles. The van der Waals surface area contributed by atoms with E-state index < -0.39 is 12.3 Å². The van der Waals surface area contributed by atoms with Gasteiger partial charge in [0.05, 0.1) is 6.61 Å². The fourth-order valence-corrected chi connectivity index (χ4v) is 2.08. The molecule has 0 saturated carbocycles. The maximum atomic E-state index is 13.9. The van der Waals surface area contributed by atoms with Crippen molar-refractivity contribution < 1.29 is 23.6 Å². The minimum absolute atomic E-state index is 0.0368. The number of nitrogens with zero attached hydrogens (tertiary/aromatic N) is 1. The molecule has 22 heavy (non-hydrogen) atoms. The zero-order valence-corrected chi connectivity index (χ0v) is 11.4. The molecule has 0 radical (unpaired) electrons. The molecule has 0 aliphatic carbocycles. The van der Waals surface area contributed by atoms with Crippen LogP contribution in [0.4, 0.5) is 4.39 Å². The number of benzene rings is 2. The number of halogens is 1. The van der Waals surface area contributed by atoms with Gasteiger partial charge in [0.2, 0.25) is 0 Å². The Labute approximate surface area is 124 Å². The van der Waals surface area contributed by atoms with E-state index >= 15 is 0 Å². The average Bonchev–Trinajstić information content (AvgIpc) is 3.03. The number of carboxylic acids is 1. The Morgan fingerprint density at radius 1 is 1.23 bits per heavy atom. The van der Waals surface area contributed by atoms with Gasteiger partial charge in [0.1, 0.15) is 0 Å². The first-order valence-corrected chi connectivity index (χ1v) is 6.57. The summed E-state index contributed by atoms with van der Waals surface area (Å²) in [5, 5.41) is 14.1. The van der Waals surface area contributed by atoms with Crippen LogP contribution in [0.3, 0.4) is 0 Å². The molecule has 1 atom stereocenters. The highest BCUT2D eigenvalue weighted by molar-refractivity contribution is 5.85. The Kier molecular flexibility index (Phi) is 3.84. The monoisotopic (exact) mass is 301 g/mol. The van der Waals surface area contributed by atoms with Crippen LogP contribution in [0.5, 0.6) is 0 Å². The van der Waals surface area contributed by atoms with E-state index in [1.165, 1.54) is 0 Å². The van der Waals surface area contributed by atoms with Crippen molar-refractivity contribution in [1.29, 1.82) is 0 Å². The maximum Gasteiger partial charge on any atom is 0.358 e. The van der Waals surface area contributed by atoms with Crippen molar-refractivity contribution in [3.63, 3.8) is 0 Å². The molecule has 0 saturated heterocycles. The minimum atomic E-state index is -1.87. The summed E-state index contributed by atoms with van der Waals surface area (Å²) in [5.74, 6) is -1.55. The molecule has 1 aromatic heterocycles. The first kappa shape index (κ1) is 14.2. The van der Waals surface area contributed by atoms with E-state index in [9.17, 15) is 9.18 Å². The topological polar surface area (TPSA) is 72.6 Å². The summed E-state index contributed by atoms with van der Waals surface area (Å²) in [6.45, 7) is 0.0368. The Morgan fingerprint density at radius 3 is 2.73 bits per heavy atom. The highest BCUT2D eigenvalue weighted by Crippen LogP contribution is 2.23. The number of ether oxygens (including phenoxy) is 1. The smallest absolute Gasteiger partial charge is 0.358 e. The Morgan fingerprint density at radius 2 is 2.00 bits per heavy atom. The fourth-order valence-electron chi connectivity index (χ4n) is 2.08. The Balaban J connectivity index is 1.68. The van der Waals surface area contributed by atoms with Crippen LogP contribution < -0.4 is 0 Å². The van der Waals surface area contributed by atoms with Gasteiger partial charge in [-0.15, -0.1) is 0 Å². The number of hydrogen-bond donors (Lipinski definition) is 1. The molecule has 0 bridgehead atoms. The number of fused-ring (bicyclic) bond motifs is 1. The first-order chi connectivity index (χ1) is 10.6. The van der Waals surface area contributed by atoms with Crippen LogP contribution in [0, 0.1) is 0 Å². The van der Waals surface area contributed by atoms with Crippen molar-refractivity contribution in [2.45, 2.75) is 13.0 Å². The van der Waals surface area contributed by atoms with Gasteiger partial charge in [-0.3, -0.25) is 0 Å². The largest absolute Gasteiger partial charge is 0.476 e. The van der Waals surface area contributed by atoms with Crippen molar-refractivity contribution in [1.82, 2.24) is 5.16 Å². The van der Waals surface area contributed by atoms with Crippen molar-refractivity contribution in [3.8, 4) is 0 Å². The molecule has 6 heteroatoms. The van der Waals surface area contributed by atoms with Crippen LogP contribution in [0.25, 0.3) is 10.8 Å². The molecule has 2 aromatic carbocycles. The normalized spacial score (nSPS) is 12.4. The highest BCUT2D eigenvalue weighted by atomic mass is 19.1. The minimum Gasteiger partial charge on any atom is -0.476 e. The molecule has 1 heterocycles. The van der Waals surface area contributed by atoms with E-state index in [2.05, 4.69) is 9.68 Å². The van der Waals surface area contributed by atoms with Crippen molar-refractivity contribution in [2.75, 3.05) is 0 Å². The third kappa shape index (κ3) is 2.96. The van der Waals surface area contributed by atoms with Crippen LogP contribution in [0.1, 0.15) is 28.2 Å². The number of carbonyl (C=O) groups is 1. The summed E-state index contributed by atoms with van der Waals surface area (Å²) in [6.07, 6.45) is -1.87. The molecular weight excluding hydrogens is 289 g/mol. The second-order valence-electron chi connectivity index (χ2n) is 4.73. The molecule has 0 spiro atoms. The molecule has 3 rings (SSSR count). The number of hydrogen-bond acceptors (Lipinski definition) is 4. The molecule has 0 amide bonds. The molecule has 1 N–H and O–H groups in total. The van der Waals surface area contributed by atoms with Gasteiger partial charge in [0.15, 0.2) is 11.5 Å². The zero-order valence-electron chi connectivity index (χ0n) is 11.4. The number of aromatic carboxylic acids is 1. The lowest BCUT2D eigenvalue weighted by Crippen LogP contribution is -1.98. The Bertz CT molecular complexity index is 815. The maximum absolute atomic E-state index is 13.9. The highest BCUT2D eigenvalue weighted by Gasteiger charge is 2.19. The Hall–Kier alpha value is -2.73. The van der Waals surface area contributed by atoms with Crippen molar-refractivity contribution >= 4 is 16.7 Å². The summed E-state index contributed by atoms with van der Waals surface area (Å²) in [6, 6.07) is 14.5. The van der Waals surface area contributed by atoms with E-state index in [0.717, 1.165) is 22.4 Å². The predicted molar refractivity (Wildman–Crippen MR) is 76.0 cm³/mol. The molecule has 3 aromatic rings. The number of alkyl halides is 1. The predicted octanol–water partition coefficient (Wildman–Crippen LogP) is 3.71. The van der Waals surface area contributed by atoms with Crippen LogP contribution in [0.2, 0.25) is 0 Å². The SMILES string of the molecule is O=C(O)c1cc(C(F)OCc2ccc3ccccc3c2)on1. The van der Waals surface area contributed by atoms with Gasteiger partial charge in [-0.25, -0.2) is 9.18 Å². The van der Waals surface area contributed by atoms with Crippen molar-refractivity contribution in [2.24, 2.45) is 0 Å². The summed E-state index contributed by atoms with van der Waals surface area (Å²) in [5.41, 5.74) is 0.450. The molecule has 0 aliphatic rings. The summed E-state index contributed by atoms with van der Waals surface area (Å²) >= 11 is 0. The molecule has 0 fully saturated rings. The summed E-state index contributed by atoms with van der Waals surface area (Å²) in [4.78, 5) is 10.7. The summed E-state index contributed by atoms with van der Waals surface area (Å²) < 4.78 is 23.5. The molecule has 1 unspecified atom stereocenters. The van der Waals surface area contributed by atoms with E-state index in [1.54, 1.807) is 0 Å². The quantitative estimate of drug-likeness (QED) is 0.777. The van der Waals surface area contributed by atoms with E-state index in [4.69, 9.17) is 9.84 Å². The number of carboxylic acid groups (broad SMARTS) is 1. The van der Waals surface area contributed by atoms with Gasteiger partial charge in [0, 0.05) is 6.07 Å². The second-order valence-corrected chi connectivity index (χ2v) is 4.73. The zero-order chi connectivity index (χ0) is 15.5. The lowest BCUT2D eigenvalue weighted by Gasteiger charge is -2.07. The van der Waals surface area contributed by atoms with Crippen LogP contribution >= 0.6 is 0 Å².